The van der Waals surface area contributed by atoms with Crippen LogP contribution >= 0.6 is 22.9 Å². The topological polar surface area (TPSA) is 68.0 Å². The first kappa shape index (κ1) is 12.9. The van der Waals surface area contributed by atoms with Gasteiger partial charge in [0.05, 0.1) is 5.69 Å². The van der Waals surface area contributed by atoms with Crippen LogP contribution in [0.15, 0.2) is 18.2 Å². The van der Waals surface area contributed by atoms with Gasteiger partial charge in [-0.1, -0.05) is 11.6 Å². The van der Waals surface area contributed by atoms with Crippen LogP contribution in [0, 0.1) is 13.8 Å². The van der Waals surface area contributed by atoms with E-state index in [9.17, 15) is 4.79 Å². The normalized spacial score (nSPS) is 10.4. The minimum Gasteiger partial charge on any atom is -0.399 e. The summed E-state index contributed by atoms with van der Waals surface area (Å²) in [6.45, 7) is 3.86. The minimum absolute atomic E-state index is 0.266. The van der Waals surface area contributed by atoms with Crippen molar-refractivity contribution in [3.63, 3.8) is 0 Å². The summed E-state index contributed by atoms with van der Waals surface area (Å²) in [4.78, 5) is 17.3. The molecule has 2 aromatic rings. The lowest BCUT2D eigenvalue weighted by Crippen LogP contribution is -2.12. The highest BCUT2D eigenvalue weighted by Gasteiger charge is 2.11. The van der Waals surface area contributed by atoms with E-state index in [2.05, 4.69) is 10.3 Å². The molecule has 0 aliphatic rings. The lowest BCUT2D eigenvalue weighted by atomic mass is 10.2. The summed E-state index contributed by atoms with van der Waals surface area (Å²) in [5.41, 5.74) is 7.44. The maximum atomic E-state index is 12.0. The third-order valence-electron chi connectivity index (χ3n) is 2.43. The summed E-state index contributed by atoms with van der Waals surface area (Å²) in [5.74, 6) is -0.266. The lowest BCUT2D eigenvalue weighted by molar-refractivity contribution is 0.102. The molecule has 4 nitrogen and oxygen atoms in total. The highest BCUT2D eigenvalue weighted by molar-refractivity contribution is 7.15. The molecule has 0 unspecified atom stereocenters. The molecule has 1 heterocycles. The van der Waals surface area contributed by atoms with Gasteiger partial charge in [0, 0.05) is 21.2 Å². The molecule has 0 atom stereocenters. The maximum Gasteiger partial charge on any atom is 0.257 e. The van der Waals surface area contributed by atoms with Crippen molar-refractivity contribution < 1.29 is 4.79 Å². The summed E-state index contributed by atoms with van der Waals surface area (Å²) < 4.78 is 0. The largest absolute Gasteiger partial charge is 0.399 e. The van der Waals surface area contributed by atoms with Gasteiger partial charge >= 0.3 is 0 Å². The van der Waals surface area contributed by atoms with E-state index in [0.717, 1.165) is 10.6 Å². The second-order valence-electron chi connectivity index (χ2n) is 3.89. The number of rotatable bonds is 2. The summed E-state index contributed by atoms with van der Waals surface area (Å²) in [6.07, 6.45) is 0. The summed E-state index contributed by atoms with van der Waals surface area (Å²) >= 11 is 7.29. The van der Waals surface area contributed by atoms with Crippen molar-refractivity contribution in [1.82, 2.24) is 4.98 Å². The van der Waals surface area contributed by atoms with Crippen LogP contribution in [0.25, 0.3) is 0 Å². The molecule has 0 aliphatic heterocycles. The van der Waals surface area contributed by atoms with Crippen LogP contribution < -0.4 is 11.1 Å². The zero-order chi connectivity index (χ0) is 13.3. The Kier molecular flexibility index (Phi) is 3.54. The monoisotopic (exact) mass is 281 g/mol. The number of nitrogens with zero attached hydrogens (tertiary/aromatic N) is 1. The van der Waals surface area contributed by atoms with E-state index in [-0.39, 0.29) is 5.91 Å². The maximum absolute atomic E-state index is 12.0. The smallest absolute Gasteiger partial charge is 0.257 e. The third-order valence-corrected chi connectivity index (χ3v) is 3.64. The molecule has 0 fully saturated rings. The van der Waals surface area contributed by atoms with Crippen LogP contribution in [0.4, 0.5) is 10.8 Å². The highest BCUT2D eigenvalue weighted by Crippen LogP contribution is 2.23. The number of carbonyl (C=O) groups excluding carboxylic acids is 1. The van der Waals surface area contributed by atoms with Gasteiger partial charge in [-0.3, -0.25) is 10.1 Å². The number of nitrogen functional groups attached to an aromatic ring is 1. The van der Waals surface area contributed by atoms with Gasteiger partial charge in [0.1, 0.15) is 0 Å². The van der Waals surface area contributed by atoms with E-state index in [4.69, 9.17) is 17.3 Å². The van der Waals surface area contributed by atoms with Crippen LogP contribution in [-0.2, 0) is 0 Å². The molecule has 1 aromatic carbocycles. The number of aryl methyl sites for hydroxylation is 2. The predicted molar refractivity (Wildman–Crippen MR) is 75.4 cm³/mol. The number of aromatic nitrogens is 1. The average Bonchev–Trinajstić information content (AvgIpc) is 2.56. The van der Waals surface area contributed by atoms with Crippen molar-refractivity contribution in [3.05, 3.63) is 39.4 Å². The first-order valence-electron chi connectivity index (χ1n) is 5.27. The Morgan fingerprint density at radius 2 is 2.11 bits per heavy atom. The van der Waals surface area contributed by atoms with Gasteiger partial charge in [-0.15, -0.1) is 11.3 Å². The number of nitrogens with one attached hydrogen (secondary N) is 1. The summed E-state index contributed by atoms with van der Waals surface area (Å²) in [6, 6.07) is 4.74. The van der Waals surface area contributed by atoms with Crippen molar-refractivity contribution in [2.45, 2.75) is 13.8 Å². The molecule has 6 heteroatoms. The van der Waals surface area contributed by atoms with Crippen LogP contribution in [0.3, 0.4) is 0 Å². The molecule has 2 rings (SSSR count). The fourth-order valence-electron chi connectivity index (χ4n) is 1.44. The fraction of sp³-hybridized carbons (Fsp3) is 0.167. The number of hydrogen-bond acceptors (Lipinski definition) is 4. The number of nitrogens with two attached hydrogens (primary N) is 1. The molecule has 1 aromatic heterocycles. The molecule has 18 heavy (non-hydrogen) atoms. The standard InChI is InChI=1S/C12H12ClN3OS/c1-6-7(2)18-12(15-6)16-11(17)8-3-9(13)5-10(14)4-8/h3-5H,14H2,1-2H3,(H,15,16,17). The third kappa shape index (κ3) is 2.80. The van der Waals surface area contributed by atoms with Crippen LogP contribution in [0.2, 0.25) is 5.02 Å². The van der Waals surface area contributed by atoms with Crippen molar-refractivity contribution in [1.29, 1.82) is 0 Å². The van der Waals surface area contributed by atoms with Gasteiger partial charge in [-0.2, -0.15) is 0 Å². The molecular formula is C12H12ClN3OS. The molecule has 0 saturated heterocycles. The van der Waals surface area contributed by atoms with Gasteiger partial charge in [0.25, 0.3) is 5.91 Å². The number of thiazole rings is 1. The Morgan fingerprint density at radius 3 is 2.67 bits per heavy atom. The molecule has 0 saturated carbocycles. The van der Waals surface area contributed by atoms with Gasteiger partial charge < -0.3 is 5.73 Å². The molecule has 1 amide bonds. The SMILES string of the molecule is Cc1nc(NC(=O)c2cc(N)cc(Cl)c2)sc1C. The quantitative estimate of drug-likeness (QED) is 0.830. The minimum atomic E-state index is -0.266. The number of hydrogen-bond donors (Lipinski definition) is 2. The van der Waals surface area contributed by atoms with E-state index < -0.39 is 0 Å². The Bertz CT molecular complexity index is 570. The van der Waals surface area contributed by atoms with E-state index in [0.29, 0.717) is 21.4 Å². The molecular weight excluding hydrogens is 270 g/mol. The van der Waals surface area contributed by atoms with Crippen LogP contribution in [0.5, 0.6) is 0 Å². The van der Waals surface area contributed by atoms with E-state index >= 15 is 0 Å². The zero-order valence-corrected chi connectivity index (χ0v) is 11.5. The van der Waals surface area contributed by atoms with Crippen LogP contribution in [-0.4, -0.2) is 10.9 Å². The zero-order valence-electron chi connectivity index (χ0n) is 9.95. The molecule has 0 spiro atoms. The first-order valence-corrected chi connectivity index (χ1v) is 6.46. The summed E-state index contributed by atoms with van der Waals surface area (Å²) in [7, 11) is 0. The molecule has 0 aliphatic carbocycles. The van der Waals surface area contributed by atoms with Gasteiger partial charge in [-0.25, -0.2) is 4.98 Å². The van der Waals surface area contributed by atoms with Gasteiger partial charge in [-0.05, 0) is 32.0 Å². The Labute approximate surface area is 114 Å². The first-order chi connectivity index (χ1) is 8.45. The van der Waals surface area contributed by atoms with Gasteiger partial charge in [0.15, 0.2) is 5.13 Å². The Balaban J connectivity index is 2.21. The number of benzene rings is 1. The van der Waals surface area contributed by atoms with E-state index in [1.165, 1.54) is 11.3 Å². The van der Waals surface area contributed by atoms with Crippen LogP contribution in [0.1, 0.15) is 20.9 Å². The number of carbonyl (C=O) groups is 1. The molecule has 3 N–H and O–H groups in total. The van der Waals surface area contributed by atoms with E-state index in [1.807, 2.05) is 13.8 Å². The second kappa shape index (κ2) is 4.96. The second-order valence-corrected chi connectivity index (χ2v) is 5.53. The van der Waals surface area contributed by atoms with Crippen molar-refractivity contribution >= 4 is 39.7 Å². The fourth-order valence-corrected chi connectivity index (χ4v) is 2.49. The Morgan fingerprint density at radius 1 is 1.39 bits per heavy atom. The van der Waals surface area contributed by atoms with Crippen molar-refractivity contribution in [3.8, 4) is 0 Å². The Hall–Kier alpha value is -1.59. The van der Waals surface area contributed by atoms with E-state index in [1.54, 1.807) is 18.2 Å². The molecule has 0 radical (unpaired) electrons. The highest BCUT2D eigenvalue weighted by atomic mass is 35.5. The summed E-state index contributed by atoms with van der Waals surface area (Å²) in [5, 5.41) is 3.74. The van der Waals surface area contributed by atoms with Crippen molar-refractivity contribution in [2.75, 3.05) is 11.1 Å². The average molecular weight is 282 g/mol. The van der Waals surface area contributed by atoms with Crippen molar-refractivity contribution in [2.24, 2.45) is 0 Å². The molecule has 94 valence electrons. The number of anilines is 2. The lowest BCUT2D eigenvalue weighted by Gasteiger charge is -2.03. The predicted octanol–water partition coefficient (Wildman–Crippen LogP) is 3.25. The number of amides is 1. The number of halogens is 1. The van der Waals surface area contributed by atoms with Gasteiger partial charge in [0.2, 0.25) is 0 Å². The molecule has 0 bridgehead atoms.